The van der Waals surface area contributed by atoms with E-state index in [1.807, 2.05) is 12.2 Å². The molecule has 17 heavy (non-hydrogen) atoms. The van der Waals surface area contributed by atoms with Gasteiger partial charge in [0.1, 0.15) is 5.82 Å². The van der Waals surface area contributed by atoms with Gasteiger partial charge in [0.2, 0.25) is 0 Å². The minimum atomic E-state index is -0.234. The Kier molecular flexibility index (Phi) is 4.31. The van der Waals surface area contributed by atoms with Gasteiger partial charge < -0.3 is 10.1 Å². The van der Waals surface area contributed by atoms with Gasteiger partial charge in [0.25, 0.3) is 0 Å². The molecular weight excluding hydrogens is 285 g/mol. The molecule has 1 saturated heterocycles. The van der Waals surface area contributed by atoms with E-state index in [-0.39, 0.29) is 11.9 Å². The third-order valence-electron chi connectivity index (χ3n) is 2.63. The molecule has 0 spiro atoms. The average Bonchev–Trinajstić information content (AvgIpc) is 2.28. The lowest BCUT2D eigenvalue weighted by Crippen LogP contribution is -2.46. The molecule has 1 aliphatic heterocycles. The molecule has 1 N–H and O–H groups in total. The molecule has 0 aliphatic carbocycles. The predicted molar refractivity (Wildman–Crippen MR) is 70.3 cm³/mol. The maximum atomic E-state index is 12.9. The first kappa shape index (κ1) is 12.7. The molecule has 0 amide bonds. The van der Waals surface area contributed by atoms with E-state index in [2.05, 4.69) is 28.2 Å². The number of benzene rings is 1. The zero-order valence-electron chi connectivity index (χ0n) is 9.62. The van der Waals surface area contributed by atoms with Crippen LogP contribution in [0.4, 0.5) is 4.39 Å². The van der Waals surface area contributed by atoms with E-state index >= 15 is 0 Å². The molecule has 0 bridgehead atoms. The van der Waals surface area contributed by atoms with Crippen LogP contribution in [0.25, 0.3) is 6.08 Å². The van der Waals surface area contributed by atoms with Crippen molar-refractivity contribution >= 4 is 22.0 Å². The van der Waals surface area contributed by atoms with Crippen LogP contribution in [0, 0.1) is 5.82 Å². The maximum absolute atomic E-state index is 12.9. The van der Waals surface area contributed by atoms with Crippen molar-refractivity contribution in [1.29, 1.82) is 0 Å². The summed E-state index contributed by atoms with van der Waals surface area (Å²) in [6.07, 6.45) is 4.02. The number of hydrogen-bond acceptors (Lipinski definition) is 2. The molecular formula is C13H15BrFNO. The SMILES string of the molecule is CC1COCC(/C=C/c2ccc(F)cc2Br)N1. The largest absolute Gasteiger partial charge is 0.378 e. The van der Waals surface area contributed by atoms with Gasteiger partial charge in [-0.15, -0.1) is 0 Å². The molecule has 4 heteroatoms. The van der Waals surface area contributed by atoms with Crippen LogP contribution in [0.15, 0.2) is 28.7 Å². The highest BCUT2D eigenvalue weighted by molar-refractivity contribution is 9.10. The normalized spacial score (nSPS) is 25.4. The summed E-state index contributed by atoms with van der Waals surface area (Å²) in [5.74, 6) is -0.234. The van der Waals surface area contributed by atoms with E-state index in [0.29, 0.717) is 12.6 Å². The van der Waals surface area contributed by atoms with Crippen LogP contribution in [0.2, 0.25) is 0 Å². The predicted octanol–water partition coefficient (Wildman–Crippen LogP) is 2.98. The third-order valence-corrected chi connectivity index (χ3v) is 3.32. The van der Waals surface area contributed by atoms with Crippen molar-refractivity contribution in [1.82, 2.24) is 5.32 Å². The van der Waals surface area contributed by atoms with Crippen molar-refractivity contribution in [2.24, 2.45) is 0 Å². The Morgan fingerprint density at radius 1 is 1.47 bits per heavy atom. The zero-order chi connectivity index (χ0) is 12.3. The smallest absolute Gasteiger partial charge is 0.124 e. The van der Waals surface area contributed by atoms with Gasteiger partial charge in [-0.25, -0.2) is 4.39 Å². The third kappa shape index (κ3) is 3.63. The Bertz CT molecular complexity index is 422. The summed E-state index contributed by atoms with van der Waals surface area (Å²) < 4.78 is 19.1. The van der Waals surface area contributed by atoms with E-state index in [1.54, 1.807) is 6.07 Å². The second-order valence-corrected chi connectivity index (χ2v) is 5.09. The molecule has 1 aliphatic rings. The van der Waals surface area contributed by atoms with Crippen LogP contribution >= 0.6 is 15.9 Å². The second-order valence-electron chi connectivity index (χ2n) is 4.24. The number of rotatable bonds is 2. The van der Waals surface area contributed by atoms with Gasteiger partial charge in [0.05, 0.1) is 13.2 Å². The summed E-state index contributed by atoms with van der Waals surface area (Å²) in [6, 6.07) is 5.26. The van der Waals surface area contributed by atoms with Gasteiger partial charge in [-0.3, -0.25) is 0 Å². The second kappa shape index (κ2) is 5.76. The van der Waals surface area contributed by atoms with Gasteiger partial charge in [0.15, 0.2) is 0 Å². The van der Waals surface area contributed by atoms with E-state index in [1.165, 1.54) is 12.1 Å². The summed E-state index contributed by atoms with van der Waals surface area (Å²) >= 11 is 3.34. The first-order chi connectivity index (χ1) is 8.15. The molecule has 2 nitrogen and oxygen atoms in total. The van der Waals surface area contributed by atoms with Crippen LogP contribution in [0.5, 0.6) is 0 Å². The Hall–Kier alpha value is -0.710. The van der Waals surface area contributed by atoms with E-state index in [0.717, 1.165) is 16.6 Å². The van der Waals surface area contributed by atoms with Crippen LogP contribution in [-0.2, 0) is 4.74 Å². The van der Waals surface area contributed by atoms with Gasteiger partial charge in [0, 0.05) is 16.6 Å². The molecule has 1 aromatic rings. The lowest BCUT2D eigenvalue weighted by atomic mass is 10.1. The van der Waals surface area contributed by atoms with Crippen molar-refractivity contribution in [2.45, 2.75) is 19.0 Å². The molecule has 1 heterocycles. The first-order valence-electron chi connectivity index (χ1n) is 5.62. The molecule has 1 aromatic carbocycles. The fourth-order valence-corrected chi connectivity index (χ4v) is 2.28. The number of hydrogen-bond donors (Lipinski definition) is 1. The monoisotopic (exact) mass is 299 g/mol. The van der Waals surface area contributed by atoms with Crippen molar-refractivity contribution < 1.29 is 9.13 Å². The van der Waals surface area contributed by atoms with Crippen LogP contribution in [0.3, 0.4) is 0 Å². The number of halogens is 2. The zero-order valence-corrected chi connectivity index (χ0v) is 11.2. The minimum Gasteiger partial charge on any atom is -0.378 e. The highest BCUT2D eigenvalue weighted by atomic mass is 79.9. The molecule has 0 saturated carbocycles. The van der Waals surface area contributed by atoms with Crippen molar-refractivity contribution in [3.63, 3.8) is 0 Å². The molecule has 2 unspecified atom stereocenters. The summed E-state index contributed by atoms with van der Waals surface area (Å²) in [5.41, 5.74) is 0.964. The molecule has 0 radical (unpaired) electrons. The van der Waals surface area contributed by atoms with E-state index in [9.17, 15) is 4.39 Å². The van der Waals surface area contributed by atoms with Crippen LogP contribution < -0.4 is 5.32 Å². The molecule has 2 rings (SSSR count). The summed E-state index contributed by atoms with van der Waals surface area (Å²) in [5, 5.41) is 3.42. The van der Waals surface area contributed by atoms with E-state index in [4.69, 9.17) is 4.74 Å². The van der Waals surface area contributed by atoms with E-state index < -0.39 is 0 Å². The average molecular weight is 300 g/mol. The standard InChI is InChI=1S/C13H15BrFNO/c1-9-7-17-8-12(16-9)5-3-10-2-4-11(15)6-13(10)14/h2-6,9,12,16H,7-8H2,1H3/b5-3+. The van der Waals surface area contributed by atoms with Crippen LogP contribution in [-0.4, -0.2) is 25.3 Å². The fraction of sp³-hybridized carbons (Fsp3) is 0.385. The maximum Gasteiger partial charge on any atom is 0.124 e. The lowest BCUT2D eigenvalue weighted by Gasteiger charge is -2.26. The van der Waals surface area contributed by atoms with Crippen molar-refractivity contribution in [3.05, 3.63) is 40.1 Å². The first-order valence-corrected chi connectivity index (χ1v) is 6.41. The Labute approximate surface area is 109 Å². The minimum absolute atomic E-state index is 0.218. The highest BCUT2D eigenvalue weighted by Crippen LogP contribution is 2.19. The Balaban J connectivity index is 2.04. The molecule has 1 fully saturated rings. The topological polar surface area (TPSA) is 21.3 Å². The van der Waals surface area contributed by atoms with Crippen LogP contribution in [0.1, 0.15) is 12.5 Å². The lowest BCUT2D eigenvalue weighted by molar-refractivity contribution is 0.0637. The number of nitrogens with one attached hydrogen (secondary N) is 1. The highest BCUT2D eigenvalue weighted by Gasteiger charge is 2.15. The van der Waals surface area contributed by atoms with Gasteiger partial charge in [-0.05, 0) is 24.6 Å². The fourth-order valence-electron chi connectivity index (χ4n) is 1.80. The quantitative estimate of drug-likeness (QED) is 0.906. The molecule has 2 atom stereocenters. The van der Waals surface area contributed by atoms with Crippen molar-refractivity contribution in [3.8, 4) is 0 Å². The number of ether oxygens (including phenoxy) is 1. The van der Waals surface area contributed by atoms with Gasteiger partial charge in [-0.2, -0.15) is 0 Å². The van der Waals surface area contributed by atoms with Gasteiger partial charge >= 0.3 is 0 Å². The molecule has 0 aromatic heterocycles. The number of morpholine rings is 1. The van der Waals surface area contributed by atoms with Crippen molar-refractivity contribution in [2.75, 3.05) is 13.2 Å². The Morgan fingerprint density at radius 3 is 3.00 bits per heavy atom. The molecule has 92 valence electrons. The summed E-state index contributed by atoms with van der Waals surface area (Å²) in [7, 11) is 0. The summed E-state index contributed by atoms with van der Waals surface area (Å²) in [4.78, 5) is 0. The van der Waals surface area contributed by atoms with Gasteiger partial charge in [-0.1, -0.05) is 34.1 Å². The summed E-state index contributed by atoms with van der Waals surface area (Å²) in [6.45, 7) is 3.53. The Morgan fingerprint density at radius 2 is 2.29 bits per heavy atom.